The topological polar surface area (TPSA) is 72.1 Å². The number of fused-ring (bicyclic) bond motifs is 4. The lowest BCUT2D eigenvalue weighted by Crippen LogP contribution is -2.48. The molecule has 5 rings (SSSR count). The summed E-state index contributed by atoms with van der Waals surface area (Å²) in [6.07, 6.45) is 9.52. The van der Waals surface area contributed by atoms with Crippen molar-refractivity contribution in [2.45, 2.75) is 38.4 Å². The molecule has 0 aromatic carbocycles. The normalized spacial score (nSPS) is 20.1. The van der Waals surface area contributed by atoms with E-state index in [1.54, 1.807) is 18.6 Å². The first-order chi connectivity index (χ1) is 15.2. The van der Waals surface area contributed by atoms with Crippen LogP contribution in [0.25, 0.3) is 0 Å². The highest BCUT2D eigenvalue weighted by atomic mass is 16.1. The second-order valence-electron chi connectivity index (χ2n) is 8.81. The summed E-state index contributed by atoms with van der Waals surface area (Å²) in [5.41, 5.74) is 2.22. The van der Waals surface area contributed by atoms with Crippen LogP contribution in [0, 0.1) is 5.92 Å². The lowest BCUT2D eigenvalue weighted by atomic mass is 9.83. The summed E-state index contributed by atoms with van der Waals surface area (Å²) in [6, 6.07) is 8.00. The molecule has 0 amide bonds. The fourth-order valence-electron chi connectivity index (χ4n) is 5.03. The van der Waals surface area contributed by atoms with Crippen molar-refractivity contribution in [1.29, 1.82) is 0 Å². The number of nitrogens with zero attached hydrogens (tertiary/aromatic N) is 7. The number of piperidine rings is 1. The van der Waals surface area contributed by atoms with E-state index in [2.05, 4.69) is 38.0 Å². The van der Waals surface area contributed by atoms with Gasteiger partial charge in [-0.1, -0.05) is 6.07 Å². The summed E-state index contributed by atoms with van der Waals surface area (Å²) < 4.78 is 3.99. The van der Waals surface area contributed by atoms with Crippen molar-refractivity contribution in [3.63, 3.8) is 0 Å². The van der Waals surface area contributed by atoms with Crippen molar-refractivity contribution in [1.82, 2.24) is 29.2 Å². The predicted octanol–water partition coefficient (Wildman–Crippen LogP) is 1.98. The molecule has 0 unspecified atom stereocenters. The van der Waals surface area contributed by atoms with E-state index in [0.29, 0.717) is 18.4 Å². The first-order valence-electron chi connectivity index (χ1n) is 11.1. The second-order valence-corrected chi connectivity index (χ2v) is 8.81. The minimum absolute atomic E-state index is 0.176. The number of hydrogen-bond donors (Lipinski definition) is 0. The largest absolute Gasteiger partial charge is 0.340 e. The molecule has 2 atom stereocenters. The van der Waals surface area contributed by atoms with E-state index in [-0.39, 0.29) is 5.56 Å². The fraction of sp³-hybridized carbons (Fsp3) is 0.478. The van der Waals surface area contributed by atoms with Gasteiger partial charge in [0.05, 0.1) is 0 Å². The highest BCUT2D eigenvalue weighted by Crippen LogP contribution is 2.36. The Morgan fingerprint density at radius 3 is 2.77 bits per heavy atom. The van der Waals surface area contributed by atoms with Gasteiger partial charge in [-0.15, -0.1) is 0 Å². The second kappa shape index (κ2) is 8.63. The molecule has 2 aliphatic rings. The van der Waals surface area contributed by atoms with Gasteiger partial charge < -0.3 is 14.4 Å². The Bertz CT molecular complexity index is 1060. The third kappa shape index (κ3) is 4.25. The van der Waals surface area contributed by atoms with Crippen LogP contribution in [0.1, 0.15) is 30.0 Å². The van der Waals surface area contributed by atoms with Crippen LogP contribution in [0.2, 0.25) is 0 Å². The van der Waals surface area contributed by atoms with E-state index in [1.807, 2.05) is 33.6 Å². The maximum absolute atomic E-state index is 13.3. The molecule has 8 nitrogen and oxygen atoms in total. The fourth-order valence-corrected chi connectivity index (χ4v) is 5.03. The molecular weight excluding hydrogens is 390 g/mol. The molecule has 1 saturated heterocycles. The van der Waals surface area contributed by atoms with Crippen molar-refractivity contribution in [3.05, 3.63) is 70.7 Å². The van der Waals surface area contributed by atoms with Crippen molar-refractivity contribution in [2.24, 2.45) is 5.92 Å². The van der Waals surface area contributed by atoms with Crippen LogP contribution in [-0.2, 0) is 19.6 Å². The SMILES string of the molecule is CN(CCCn1cccn1)Cc1ccc2n(c1=O)C[C@H]1C[C@@H]2CN(c2ncccn2)C1. The molecule has 0 N–H and O–H groups in total. The van der Waals surface area contributed by atoms with E-state index in [9.17, 15) is 4.79 Å². The number of hydrogen-bond acceptors (Lipinski definition) is 6. The first kappa shape index (κ1) is 19.9. The third-order valence-electron chi connectivity index (χ3n) is 6.44. The van der Waals surface area contributed by atoms with Crippen molar-refractivity contribution in [2.75, 3.05) is 31.6 Å². The molecule has 31 heavy (non-hydrogen) atoms. The zero-order valence-electron chi connectivity index (χ0n) is 18.0. The van der Waals surface area contributed by atoms with Gasteiger partial charge in [-0.2, -0.15) is 5.10 Å². The van der Waals surface area contributed by atoms with Crippen molar-refractivity contribution in [3.8, 4) is 0 Å². The lowest BCUT2D eigenvalue weighted by Gasteiger charge is -2.42. The molecule has 0 spiro atoms. The molecule has 0 aliphatic carbocycles. The van der Waals surface area contributed by atoms with E-state index < -0.39 is 0 Å². The van der Waals surface area contributed by atoms with E-state index in [4.69, 9.17) is 0 Å². The maximum atomic E-state index is 13.3. The Kier molecular flexibility index (Phi) is 5.55. The molecule has 0 saturated carbocycles. The monoisotopic (exact) mass is 419 g/mol. The van der Waals surface area contributed by atoms with Gasteiger partial charge >= 0.3 is 0 Å². The quantitative estimate of drug-likeness (QED) is 0.583. The van der Waals surface area contributed by atoms with Crippen LogP contribution in [0.15, 0.2) is 53.8 Å². The predicted molar refractivity (Wildman–Crippen MR) is 119 cm³/mol. The Morgan fingerprint density at radius 2 is 1.97 bits per heavy atom. The van der Waals surface area contributed by atoms with Gasteiger partial charge in [0.2, 0.25) is 5.95 Å². The average Bonchev–Trinajstić information content (AvgIpc) is 3.30. The van der Waals surface area contributed by atoms with Crippen LogP contribution in [0.4, 0.5) is 5.95 Å². The number of aromatic nitrogens is 5. The van der Waals surface area contributed by atoms with Crippen molar-refractivity contribution < 1.29 is 0 Å². The summed E-state index contributed by atoms with van der Waals surface area (Å²) in [7, 11) is 2.08. The maximum Gasteiger partial charge on any atom is 0.255 e. The molecule has 8 heteroatoms. The van der Waals surface area contributed by atoms with Crippen LogP contribution in [0.3, 0.4) is 0 Å². The molecule has 3 aromatic rings. The standard InChI is InChI=1S/C23H29N7O/c1-27(10-4-12-29-11-3-9-26-29)16-19-5-6-21-20-13-18(15-30(21)22(19)31)14-28(17-20)23-24-7-2-8-25-23/h2-3,5-9,11,18,20H,4,10,12-17H2,1H3/t18-,20+/m0/s1. The van der Waals surface area contributed by atoms with Gasteiger partial charge in [0.25, 0.3) is 5.56 Å². The van der Waals surface area contributed by atoms with E-state index in [0.717, 1.165) is 62.8 Å². The minimum Gasteiger partial charge on any atom is -0.340 e. The first-order valence-corrected chi connectivity index (χ1v) is 11.1. The van der Waals surface area contributed by atoms with Gasteiger partial charge in [-0.25, -0.2) is 9.97 Å². The molecule has 5 heterocycles. The van der Waals surface area contributed by atoms with Crippen LogP contribution < -0.4 is 10.5 Å². The number of pyridine rings is 1. The molecule has 1 fully saturated rings. The zero-order chi connectivity index (χ0) is 21.2. The van der Waals surface area contributed by atoms with Gasteiger partial charge in [0, 0.05) is 74.7 Å². The van der Waals surface area contributed by atoms with Crippen LogP contribution >= 0.6 is 0 Å². The molecule has 0 radical (unpaired) electrons. The summed E-state index contributed by atoms with van der Waals surface area (Å²) in [6.45, 7) is 5.06. The zero-order valence-corrected chi connectivity index (χ0v) is 18.0. The summed E-state index contributed by atoms with van der Waals surface area (Å²) in [5.74, 6) is 1.60. The van der Waals surface area contributed by atoms with Gasteiger partial charge in [0.1, 0.15) is 0 Å². The molecule has 2 aliphatic heterocycles. The lowest BCUT2D eigenvalue weighted by molar-refractivity contribution is 0.275. The minimum atomic E-state index is 0.176. The average molecular weight is 420 g/mol. The van der Waals surface area contributed by atoms with Crippen LogP contribution in [-0.4, -0.2) is 55.9 Å². The van der Waals surface area contributed by atoms with Gasteiger partial charge in [0.15, 0.2) is 0 Å². The van der Waals surface area contributed by atoms with Crippen LogP contribution in [0.5, 0.6) is 0 Å². The Hall–Kier alpha value is -3.00. The number of anilines is 1. The van der Waals surface area contributed by atoms with Gasteiger partial charge in [-0.05, 0) is 50.6 Å². The molecule has 2 bridgehead atoms. The Labute approximate surface area is 182 Å². The summed E-state index contributed by atoms with van der Waals surface area (Å²) >= 11 is 0. The smallest absolute Gasteiger partial charge is 0.255 e. The Morgan fingerprint density at radius 1 is 1.10 bits per heavy atom. The molecule has 3 aromatic heterocycles. The third-order valence-corrected chi connectivity index (χ3v) is 6.44. The summed E-state index contributed by atoms with van der Waals surface area (Å²) in [4.78, 5) is 26.6. The highest BCUT2D eigenvalue weighted by molar-refractivity contribution is 5.34. The summed E-state index contributed by atoms with van der Waals surface area (Å²) in [5, 5.41) is 4.25. The Balaban J connectivity index is 1.26. The number of rotatable bonds is 7. The van der Waals surface area contributed by atoms with E-state index >= 15 is 0 Å². The van der Waals surface area contributed by atoms with E-state index in [1.165, 1.54) is 0 Å². The number of aryl methyl sites for hydroxylation is 1. The molecular formula is C23H29N7O. The molecule has 162 valence electrons. The van der Waals surface area contributed by atoms with Crippen molar-refractivity contribution >= 4 is 5.95 Å². The van der Waals surface area contributed by atoms with Gasteiger partial charge in [-0.3, -0.25) is 9.48 Å². The highest BCUT2D eigenvalue weighted by Gasteiger charge is 2.35.